The summed E-state index contributed by atoms with van der Waals surface area (Å²) in [5, 5.41) is 9.31. The lowest BCUT2D eigenvalue weighted by Crippen LogP contribution is -2.13. The summed E-state index contributed by atoms with van der Waals surface area (Å²) in [5.41, 5.74) is 15.2. The predicted octanol–water partition coefficient (Wildman–Crippen LogP) is 4.04. The van der Waals surface area contributed by atoms with Crippen LogP contribution in [0, 0.1) is 11.6 Å². The Kier molecular flexibility index (Phi) is 7.27. The SMILES string of the molecule is CCC(/C=C(\N)c1c(F)cccc1F)=C(/N)C(C)c1ccnc(-c2ccnc(CO)c2)n1. The number of hydrogen-bond acceptors (Lipinski definition) is 6. The third-order valence-electron chi connectivity index (χ3n) is 5.16. The smallest absolute Gasteiger partial charge is 0.159 e. The van der Waals surface area contributed by atoms with Crippen LogP contribution in [0.1, 0.15) is 43.1 Å². The van der Waals surface area contributed by atoms with Crippen molar-refractivity contribution in [1.29, 1.82) is 0 Å². The van der Waals surface area contributed by atoms with E-state index in [0.717, 1.165) is 17.7 Å². The fraction of sp³-hybridized carbons (Fsp3) is 0.208. The maximum Gasteiger partial charge on any atom is 0.159 e. The molecule has 0 bridgehead atoms. The molecule has 8 heteroatoms. The normalized spacial score (nSPS) is 13.6. The molecule has 5 N–H and O–H groups in total. The van der Waals surface area contributed by atoms with Crippen molar-refractivity contribution in [3.8, 4) is 11.4 Å². The minimum absolute atomic E-state index is 0.0377. The zero-order valence-corrected chi connectivity index (χ0v) is 17.9. The van der Waals surface area contributed by atoms with Crippen LogP contribution in [0.25, 0.3) is 17.1 Å². The number of rotatable bonds is 7. The van der Waals surface area contributed by atoms with Crippen LogP contribution in [-0.4, -0.2) is 20.1 Å². The molecule has 1 atom stereocenters. The minimum Gasteiger partial charge on any atom is -0.401 e. The highest BCUT2D eigenvalue weighted by Crippen LogP contribution is 2.27. The van der Waals surface area contributed by atoms with Gasteiger partial charge < -0.3 is 16.6 Å². The van der Waals surface area contributed by atoms with Gasteiger partial charge >= 0.3 is 0 Å². The molecule has 1 unspecified atom stereocenters. The molecule has 0 spiro atoms. The van der Waals surface area contributed by atoms with Crippen LogP contribution in [0.4, 0.5) is 8.78 Å². The zero-order valence-electron chi connectivity index (χ0n) is 17.9. The van der Waals surface area contributed by atoms with Gasteiger partial charge in [0.1, 0.15) is 11.6 Å². The molecule has 32 heavy (non-hydrogen) atoms. The van der Waals surface area contributed by atoms with E-state index < -0.39 is 11.6 Å². The number of allylic oxidation sites excluding steroid dienone is 3. The molecular formula is C24H25F2N5O. The lowest BCUT2D eigenvalue weighted by atomic mass is 9.96. The topological polar surface area (TPSA) is 111 Å². The summed E-state index contributed by atoms with van der Waals surface area (Å²) in [5.74, 6) is -1.30. The highest BCUT2D eigenvalue weighted by atomic mass is 19.1. The maximum atomic E-state index is 14.1. The molecule has 2 heterocycles. The molecule has 0 saturated carbocycles. The van der Waals surface area contributed by atoms with Gasteiger partial charge in [-0.15, -0.1) is 0 Å². The molecule has 2 aromatic heterocycles. The Morgan fingerprint density at radius 1 is 1.09 bits per heavy atom. The first-order valence-corrected chi connectivity index (χ1v) is 10.1. The van der Waals surface area contributed by atoms with Crippen molar-refractivity contribution >= 4 is 5.70 Å². The van der Waals surface area contributed by atoms with Crippen molar-refractivity contribution in [3.63, 3.8) is 0 Å². The van der Waals surface area contributed by atoms with Gasteiger partial charge in [0.05, 0.1) is 23.6 Å². The average Bonchev–Trinajstić information content (AvgIpc) is 2.81. The summed E-state index contributed by atoms with van der Waals surface area (Å²) in [6.45, 7) is 3.58. The molecule has 0 aliphatic carbocycles. The van der Waals surface area contributed by atoms with Crippen LogP contribution in [0.5, 0.6) is 0 Å². The quantitative estimate of drug-likeness (QED) is 0.481. The summed E-state index contributed by atoms with van der Waals surface area (Å²) in [6, 6.07) is 8.83. The second kappa shape index (κ2) is 10.1. The van der Waals surface area contributed by atoms with E-state index in [1.165, 1.54) is 12.1 Å². The molecule has 0 saturated heterocycles. The molecule has 0 radical (unpaired) electrons. The van der Waals surface area contributed by atoms with Crippen molar-refractivity contribution in [2.45, 2.75) is 32.8 Å². The van der Waals surface area contributed by atoms with Crippen LogP contribution in [-0.2, 0) is 6.61 Å². The molecule has 3 aromatic rings. The van der Waals surface area contributed by atoms with Gasteiger partial charge in [-0.1, -0.05) is 19.9 Å². The lowest BCUT2D eigenvalue weighted by Gasteiger charge is -2.16. The summed E-state index contributed by atoms with van der Waals surface area (Å²) in [4.78, 5) is 13.0. The van der Waals surface area contributed by atoms with Gasteiger partial charge in [-0.2, -0.15) is 0 Å². The Morgan fingerprint density at radius 3 is 2.44 bits per heavy atom. The van der Waals surface area contributed by atoms with Crippen LogP contribution in [0.3, 0.4) is 0 Å². The van der Waals surface area contributed by atoms with Gasteiger partial charge in [-0.05, 0) is 48.4 Å². The molecule has 0 fully saturated rings. The Bertz CT molecular complexity index is 1160. The fourth-order valence-electron chi connectivity index (χ4n) is 3.32. The number of nitrogens with zero attached hydrogens (tertiary/aromatic N) is 3. The van der Waals surface area contributed by atoms with Crippen LogP contribution >= 0.6 is 0 Å². The molecule has 0 aliphatic rings. The number of nitrogens with two attached hydrogens (primary N) is 2. The molecule has 3 rings (SSSR count). The number of aromatic nitrogens is 3. The Labute approximate surface area is 185 Å². The summed E-state index contributed by atoms with van der Waals surface area (Å²) in [6.07, 6.45) is 5.23. The number of pyridine rings is 1. The number of aliphatic hydroxyl groups excluding tert-OH is 1. The fourth-order valence-corrected chi connectivity index (χ4v) is 3.32. The standard InChI is InChI=1S/C24H25F2N5O/c1-3-15(12-20(27)22-18(25)5-4-6-19(22)26)23(28)14(2)21-8-10-30-24(31-21)16-7-9-29-17(11-16)13-32/h4-12,14,32H,3,13,27-28H2,1-2H3/b20-12-,23-15-. The first-order chi connectivity index (χ1) is 15.3. The highest BCUT2D eigenvalue weighted by molar-refractivity contribution is 5.66. The van der Waals surface area contributed by atoms with Crippen molar-refractivity contribution in [2.75, 3.05) is 0 Å². The molecule has 0 amide bonds. The van der Waals surface area contributed by atoms with Gasteiger partial charge in [0.25, 0.3) is 0 Å². The summed E-state index contributed by atoms with van der Waals surface area (Å²) >= 11 is 0. The van der Waals surface area contributed by atoms with Crippen molar-refractivity contribution < 1.29 is 13.9 Å². The largest absolute Gasteiger partial charge is 0.401 e. The van der Waals surface area contributed by atoms with Crippen molar-refractivity contribution in [1.82, 2.24) is 15.0 Å². The zero-order chi connectivity index (χ0) is 23.3. The number of halogens is 2. The second-order valence-corrected chi connectivity index (χ2v) is 7.25. The van der Waals surface area contributed by atoms with E-state index in [4.69, 9.17) is 11.5 Å². The Morgan fingerprint density at radius 2 is 1.78 bits per heavy atom. The highest BCUT2D eigenvalue weighted by Gasteiger charge is 2.17. The van der Waals surface area contributed by atoms with Gasteiger partial charge in [0.2, 0.25) is 0 Å². The average molecular weight is 437 g/mol. The van der Waals surface area contributed by atoms with Crippen LogP contribution < -0.4 is 11.5 Å². The van der Waals surface area contributed by atoms with Crippen molar-refractivity contribution in [2.24, 2.45) is 11.5 Å². The third-order valence-corrected chi connectivity index (χ3v) is 5.16. The van der Waals surface area contributed by atoms with Gasteiger partial charge in [0.15, 0.2) is 5.82 Å². The Balaban J connectivity index is 1.97. The first-order valence-electron chi connectivity index (χ1n) is 10.1. The minimum atomic E-state index is -0.735. The molecule has 0 aliphatic heterocycles. The molecule has 6 nitrogen and oxygen atoms in total. The maximum absolute atomic E-state index is 14.1. The molecule has 166 valence electrons. The number of hydrogen-bond donors (Lipinski definition) is 3. The monoisotopic (exact) mass is 437 g/mol. The summed E-state index contributed by atoms with van der Waals surface area (Å²) < 4.78 is 28.2. The van der Waals surface area contributed by atoms with E-state index in [0.29, 0.717) is 34.9 Å². The second-order valence-electron chi connectivity index (χ2n) is 7.25. The van der Waals surface area contributed by atoms with E-state index >= 15 is 0 Å². The third kappa shape index (κ3) is 4.97. The van der Waals surface area contributed by atoms with Gasteiger partial charge in [0, 0.05) is 35.3 Å². The van der Waals surface area contributed by atoms with E-state index in [9.17, 15) is 13.9 Å². The van der Waals surface area contributed by atoms with Gasteiger partial charge in [-0.25, -0.2) is 18.7 Å². The van der Waals surface area contributed by atoms with Crippen LogP contribution in [0.15, 0.2) is 66.1 Å². The molecular weight excluding hydrogens is 412 g/mol. The summed E-state index contributed by atoms with van der Waals surface area (Å²) in [7, 11) is 0. The number of benzene rings is 1. The lowest BCUT2D eigenvalue weighted by molar-refractivity contribution is 0.277. The van der Waals surface area contributed by atoms with Crippen molar-refractivity contribution in [3.05, 3.63) is 94.7 Å². The number of aliphatic hydroxyl groups is 1. The predicted molar refractivity (Wildman–Crippen MR) is 120 cm³/mol. The van der Waals surface area contributed by atoms with Gasteiger partial charge in [-0.3, -0.25) is 4.98 Å². The Hall–Kier alpha value is -3.65. The van der Waals surface area contributed by atoms with E-state index in [-0.39, 0.29) is 23.8 Å². The van der Waals surface area contributed by atoms with Crippen LogP contribution in [0.2, 0.25) is 0 Å². The van der Waals surface area contributed by atoms with E-state index in [1.54, 1.807) is 30.6 Å². The molecule has 1 aromatic carbocycles. The van der Waals surface area contributed by atoms with E-state index in [1.807, 2.05) is 13.8 Å². The van der Waals surface area contributed by atoms with E-state index in [2.05, 4.69) is 15.0 Å². The first kappa shape index (κ1) is 23.0.